The number of nitrogens with zero attached hydrogens (tertiary/aromatic N) is 4. The largest absolute Gasteiger partial charge is 0.374 e. The minimum Gasteiger partial charge on any atom is -0.374 e. The molecule has 0 unspecified atom stereocenters. The molecule has 3 aliphatic heterocycles. The molecule has 3 rings (SSSR count). The molecule has 0 saturated carbocycles. The number of rotatable bonds is 4. The first-order valence-corrected chi connectivity index (χ1v) is 9.72. The smallest absolute Gasteiger partial charge is 0.104 e. The molecule has 4 nitrogen and oxygen atoms in total. The van der Waals surface area contributed by atoms with Crippen LogP contribution in [0.1, 0.15) is 45.4 Å². The van der Waals surface area contributed by atoms with Gasteiger partial charge in [-0.05, 0) is 45.4 Å². The molecule has 0 atom stereocenters. The lowest BCUT2D eigenvalue weighted by Crippen LogP contribution is -2.27. The van der Waals surface area contributed by atoms with E-state index in [9.17, 15) is 5.26 Å². The molecule has 3 aliphatic rings. The Bertz CT molecular complexity index is 408. The van der Waals surface area contributed by atoms with Crippen molar-refractivity contribution in [1.29, 1.82) is 5.26 Å². The van der Waals surface area contributed by atoms with Crippen LogP contribution in [0.5, 0.6) is 0 Å². The van der Waals surface area contributed by atoms with Crippen molar-refractivity contribution in [3.05, 3.63) is 11.0 Å². The molecule has 0 amide bonds. The molecular formula is C16H27N4P. The van der Waals surface area contributed by atoms with Gasteiger partial charge in [-0.3, -0.25) is 9.34 Å². The maximum absolute atomic E-state index is 9.88. The standard InChI is InChI=1S/C16H27N4P/c1-15(18-8-2-3-9-18)16(14-17)21(19-10-4-5-11-19)20-12-6-7-13-20/h2-13H2,1H3/b16-15+. The Hall–Kier alpha value is -0.620. The third-order valence-corrected chi connectivity index (χ3v) is 7.63. The maximum atomic E-state index is 9.88. The molecule has 21 heavy (non-hydrogen) atoms. The number of hydrogen-bond acceptors (Lipinski definition) is 4. The van der Waals surface area contributed by atoms with Gasteiger partial charge in [0.1, 0.15) is 11.4 Å². The third kappa shape index (κ3) is 3.26. The van der Waals surface area contributed by atoms with Gasteiger partial charge >= 0.3 is 0 Å². The Balaban J connectivity index is 1.88. The zero-order valence-electron chi connectivity index (χ0n) is 13.2. The van der Waals surface area contributed by atoms with Crippen LogP contribution in [-0.2, 0) is 0 Å². The van der Waals surface area contributed by atoms with Crippen LogP contribution in [0.25, 0.3) is 0 Å². The average Bonchev–Trinajstić information content (AvgIpc) is 3.27. The van der Waals surface area contributed by atoms with Crippen molar-refractivity contribution in [3.8, 4) is 6.07 Å². The SMILES string of the molecule is C/C(=C(/C#N)P(N1CCCC1)N1CCCC1)N1CCCC1. The monoisotopic (exact) mass is 306 g/mol. The van der Waals surface area contributed by atoms with Gasteiger partial charge in [-0.15, -0.1) is 0 Å². The van der Waals surface area contributed by atoms with E-state index >= 15 is 0 Å². The number of allylic oxidation sites excluding steroid dienone is 2. The second-order valence-corrected chi connectivity index (χ2v) is 8.51. The highest BCUT2D eigenvalue weighted by molar-refractivity contribution is 7.57. The summed E-state index contributed by atoms with van der Waals surface area (Å²) in [5.74, 6) is 0. The second kappa shape index (κ2) is 7.09. The first kappa shape index (κ1) is 15.3. The Morgan fingerprint density at radius 3 is 1.67 bits per heavy atom. The minimum absolute atomic E-state index is 0.538. The molecule has 3 saturated heterocycles. The van der Waals surface area contributed by atoms with Gasteiger partial charge < -0.3 is 4.90 Å². The number of hydrogen-bond donors (Lipinski definition) is 0. The van der Waals surface area contributed by atoms with Crippen molar-refractivity contribution < 1.29 is 0 Å². The van der Waals surface area contributed by atoms with Crippen molar-refractivity contribution in [2.24, 2.45) is 0 Å². The third-order valence-electron chi connectivity index (χ3n) is 4.93. The van der Waals surface area contributed by atoms with Gasteiger partial charge in [0.05, 0.1) is 8.22 Å². The molecule has 5 heteroatoms. The summed E-state index contributed by atoms with van der Waals surface area (Å²) in [6.45, 7) is 9.19. The van der Waals surface area contributed by atoms with Crippen LogP contribution in [-0.4, -0.2) is 53.5 Å². The van der Waals surface area contributed by atoms with Gasteiger partial charge in [-0.2, -0.15) is 5.26 Å². The molecule has 0 spiro atoms. The predicted molar refractivity (Wildman–Crippen MR) is 87.7 cm³/mol. The van der Waals surface area contributed by atoms with Gasteiger partial charge in [-0.1, -0.05) is 0 Å². The van der Waals surface area contributed by atoms with Crippen molar-refractivity contribution in [3.63, 3.8) is 0 Å². The fourth-order valence-electron chi connectivity index (χ4n) is 3.71. The fraction of sp³-hybridized carbons (Fsp3) is 0.812. The van der Waals surface area contributed by atoms with Crippen LogP contribution in [0.4, 0.5) is 0 Å². The molecule has 0 aromatic carbocycles. The summed E-state index contributed by atoms with van der Waals surface area (Å²) in [5, 5.41) is 11.0. The van der Waals surface area contributed by atoms with Crippen LogP contribution in [0.3, 0.4) is 0 Å². The van der Waals surface area contributed by atoms with Crippen LogP contribution < -0.4 is 0 Å². The molecule has 0 bridgehead atoms. The van der Waals surface area contributed by atoms with Gasteiger partial charge in [0, 0.05) is 45.0 Å². The molecule has 0 N–H and O–H groups in total. The molecular weight excluding hydrogens is 279 g/mol. The van der Waals surface area contributed by atoms with Crippen LogP contribution in [0, 0.1) is 11.3 Å². The molecule has 116 valence electrons. The van der Waals surface area contributed by atoms with Gasteiger partial charge in [0.25, 0.3) is 0 Å². The summed E-state index contributed by atoms with van der Waals surface area (Å²) in [4.78, 5) is 2.44. The summed E-state index contributed by atoms with van der Waals surface area (Å²) in [6, 6.07) is 2.62. The molecule has 0 aliphatic carbocycles. The van der Waals surface area contributed by atoms with E-state index in [0.717, 1.165) is 18.4 Å². The van der Waals surface area contributed by atoms with E-state index in [0.29, 0.717) is 0 Å². The summed E-state index contributed by atoms with van der Waals surface area (Å²) in [7, 11) is -0.538. The summed E-state index contributed by atoms with van der Waals surface area (Å²) < 4.78 is 5.22. The van der Waals surface area contributed by atoms with Crippen LogP contribution >= 0.6 is 8.22 Å². The molecule has 3 heterocycles. The van der Waals surface area contributed by atoms with Gasteiger partial charge in [0.2, 0.25) is 0 Å². The van der Waals surface area contributed by atoms with E-state index in [1.54, 1.807) is 0 Å². The van der Waals surface area contributed by atoms with Crippen molar-refractivity contribution in [1.82, 2.24) is 14.2 Å². The van der Waals surface area contributed by atoms with Crippen molar-refractivity contribution >= 4 is 8.22 Å². The first-order valence-electron chi connectivity index (χ1n) is 8.47. The van der Waals surface area contributed by atoms with Crippen molar-refractivity contribution in [2.75, 3.05) is 39.3 Å². The molecule has 0 aromatic rings. The quantitative estimate of drug-likeness (QED) is 0.589. The summed E-state index contributed by atoms with van der Waals surface area (Å²) in [6.07, 6.45) is 7.76. The van der Waals surface area contributed by atoms with E-state index in [1.807, 2.05) is 0 Å². The molecule has 0 aromatic heterocycles. The van der Waals surface area contributed by atoms with Crippen molar-refractivity contribution in [2.45, 2.75) is 45.4 Å². The molecule has 3 fully saturated rings. The zero-order chi connectivity index (χ0) is 14.7. The highest BCUT2D eigenvalue weighted by atomic mass is 31.1. The first-order chi connectivity index (χ1) is 10.3. The minimum atomic E-state index is -0.538. The highest BCUT2D eigenvalue weighted by Crippen LogP contribution is 2.55. The molecule has 0 radical (unpaired) electrons. The second-order valence-electron chi connectivity index (χ2n) is 6.35. The topological polar surface area (TPSA) is 33.5 Å². The van der Waals surface area contributed by atoms with E-state index in [-0.39, 0.29) is 0 Å². The Morgan fingerprint density at radius 1 is 0.810 bits per heavy atom. The highest BCUT2D eigenvalue weighted by Gasteiger charge is 2.34. The normalized spacial score (nSPS) is 25.7. The van der Waals surface area contributed by atoms with Gasteiger partial charge in [-0.25, -0.2) is 0 Å². The Kier molecular flexibility index (Phi) is 5.16. The van der Waals surface area contributed by atoms with Crippen LogP contribution in [0.2, 0.25) is 0 Å². The summed E-state index contributed by atoms with van der Waals surface area (Å²) in [5.41, 5.74) is 1.26. The van der Waals surface area contributed by atoms with E-state index in [4.69, 9.17) is 0 Å². The van der Waals surface area contributed by atoms with E-state index in [1.165, 1.54) is 70.4 Å². The van der Waals surface area contributed by atoms with Gasteiger partial charge in [0.15, 0.2) is 0 Å². The zero-order valence-corrected chi connectivity index (χ0v) is 14.1. The van der Waals surface area contributed by atoms with E-state index < -0.39 is 8.22 Å². The van der Waals surface area contributed by atoms with E-state index in [2.05, 4.69) is 27.2 Å². The lowest BCUT2D eigenvalue weighted by molar-refractivity contribution is 0.423. The van der Waals surface area contributed by atoms with Crippen LogP contribution in [0.15, 0.2) is 11.0 Å². The lowest BCUT2D eigenvalue weighted by atomic mass is 10.4. The summed E-state index contributed by atoms with van der Waals surface area (Å²) >= 11 is 0. The number of nitriles is 1. The Morgan fingerprint density at radius 2 is 1.24 bits per heavy atom. The number of likely N-dealkylation sites (tertiary alicyclic amines) is 1. The Labute approximate surface area is 130 Å². The fourth-order valence-corrected chi connectivity index (χ4v) is 6.48. The predicted octanol–water partition coefficient (Wildman–Crippen LogP) is 3.34. The maximum Gasteiger partial charge on any atom is 0.104 e. The lowest BCUT2D eigenvalue weighted by Gasteiger charge is -2.36. The average molecular weight is 306 g/mol.